The van der Waals surface area contributed by atoms with E-state index in [9.17, 15) is 0 Å². The lowest BCUT2D eigenvalue weighted by atomic mass is 9.71. The second-order valence-corrected chi connectivity index (χ2v) is 8.57. The molecule has 156 valence electrons. The summed E-state index contributed by atoms with van der Waals surface area (Å²) < 4.78 is 0. The van der Waals surface area contributed by atoms with E-state index in [1.807, 2.05) is 0 Å². The lowest BCUT2D eigenvalue weighted by Crippen LogP contribution is -2.31. The van der Waals surface area contributed by atoms with Crippen LogP contribution in [0.25, 0.3) is 11.4 Å². The van der Waals surface area contributed by atoms with Gasteiger partial charge in [0.15, 0.2) is 0 Å². The second-order valence-electron chi connectivity index (χ2n) is 8.57. The summed E-state index contributed by atoms with van der Waals surface area (Å²) in [7, 11) is 0. The molecule has 1 aliphatic rings. The van der Waals surface area contributed by atoms with Gasteiger partial charge in [0.25, 0.3) is 0 Å². The van der Waals surface area contributed by atoms with Gasteiger partial charge in [-0.15, -0.1) is 0 Å². The SMILES string of the molecule is Cc1ccc(C2(c3ccc(C)cc3)C=C(c3ccccc3)NC(c3ccccc3)=C2)cc1. The molecule has 0 spiro atoms. The molecule has 1 heterocycles. The number of dihydropyridines is 1. The molecule has 0 atom stereocenters. The van der Waals surface area contributed by atoms with E-state index in [0.29, 0.717) is 0 Å². The molecule has 0 bridgehead atoms. The first kappa shape index (κ1) is 20.1. The van der Waals surface area contributed by atoms with Crippen LogP contribution in [0.3, 0.4) is 0 Å². The quantitative estimate of drug-likeness (QED) is 0.371. The molecule has 5 rings (SSSR count). The molecule has 32 heavy (non-hydrogen) atoms. The van der Waals surface area contributed by atoms with Gasteiger partial charge in [0.05, 0.1) is 5.41 Å². The zero-order valence-electron chi connectivity index (χ0n) is 18.5. The Morgan fingerprint density at radius 3 is 1.22 bits per heavy atom. The molecule has 0 unspecified atom stereocenters. The second kappa shape index (κ2) is 8.36. The topological polar surface area (TPSA) is 12.0 Å². The molecule has 0 fully saturated rings. The monoisotopic (exact) mass is 413 g/mol. The van der Waals surface area contributed by atoms with E-state index in [0.717, 1.165) is 11.4 Å². The molecule has 1 N–H and O–H groups in total. The average Bonchev–Trinajstić information content (AvgIpc) is 2.85. The van der Waals surface area contributed by atoms with Gasteiger partial charge in [-0.2, -0.15) is 0 Å². The zero-order valence-corrected chi connectivity index (χ0v) is 18.5. The molecule has 1 nitrogen and oxygen atoms in total. The number of aryl methyl sites for hydroxylation is 2. The Balaban J connectivity index is 1.80. The minimum Gasteiger partial charge on any atom is -0.355 e. The molecule has 0 saturated carbocycles. The predicted molar refractivity (Wildman–Crippen MR) is 135 cm³/mol. The molecular formula is C31H27N. The average molecular weight is 414 g/mol. The van der Waals surface area contributed by atoms with Gasteiger partial charge >= 0.3 is 0 Å². The first-order valence-corrected chi connectivity index (χ1v) is 11.1. The Bertz CT molecular complexity index is 1160. The van der Waals surface area contributed by atoms with Crippen LogP contribution in [0.5, 0.6) is 0 Å². The lowest BCUT2D eigenvalue weighted by Gasteiger charge is -2.36. The fourth-order valence-corrected chi connectivity index (χ4v) is 4.42. The van der Waals surface area contributed by atoms with Gasteiger partial charge in [-0.3, -0.25) is 0 Å². The van der Waals surface area contributed by atoms with Gasteiger partial charge in [-0.1, -0.05) is 120 Å². The summed E-state index contributed by atoms with van der Waals surface area (Å²) in [5.74, 6) is 0. The minimum absolute atomic E-state index is 0.386. The normalized spacial score (nSPS) is 14.8. The Kier molecular flexibility index (Phi) is 5.25. The number of hydrogen-bond donors (Lipinski definition) is 1. The third-order valence-corrected chi connectivity index (χ3v) is 6.24. The molecule has 0 amide bonds. The number of allylic oxidation sites excluding steroid dienone is 2. The van der Waals surface area contributed by atoms with Crippen molar-refractivity contribution in [1.82, 2.24) is 5.32 Å². The fraction of sp³-hybridized carbons (Fsp3) is 0.0968. The summed E-state index contributed by atoms with van der Waals surface area (Å²) in [6.45, 7) is 4.28. The van der Waals surface area contributed by atoms with E-state index in [2.05, 4.69) is 141 Å². The molecule has 4 aromatic rings. The van der Waals surface area contributed by atoms with Crippen LogP contribution in [0.2, 0.25) is 0 Å². The van der Waals surface area contributed by atoms with E-state index in [1.165, 1.54) is 33.4 Å². The van der Waals surface area contributed by atoms with Crippen LogP contribution in [0.15, 0.2) is 121 Å². The maximum Gasteiger partial charge on any atom is 0.0608 e. The Morgan fingerprint density at radius 1 is 0.469 bits per heavy atom. The first-order chi connectivity index (χ1) is 15.6. The van der Waals surface area contributed by atoms with E-state index in [4.69, 9.17) is 0 Å². The van der Waals surface area contributed by atoms with Gasteiger partial charge < -0.3 is 5.32 Å². The highest BCUT2D eigenvalue weighted by molar-refractivity contribution is 5.83. The summed E-state index contributed by atoms with van der Waals surface area (Å²) in [6, 6.07) is 39.1. The standard InChI is InChI=1S/C31H27N/c1-23-13-17-27(18-14-23)31(28-19-15-24(2)16-20-28)21-29(25-9-5-3-6-10-25)32-30(22-31)26-11-7-4-8-12-26/h3-22,32H,1-2H3. The zero-order chi connectivity index (χ0) is 22.0. The minimum atomic E-state index is -0.386. The van der Waals surface area contributed by atoms with Crippen molar-refractivity contribution in [3.05, 3.63) is 155 Å². The molecule has 1 heteroatoms. The van der Waals surface area contributed by atoms with E-state index >= 15 is 0 Å². The van der Waals surface area contributed by atoms with Gasteiger partial charge in [-0.25, -0.2) is 0 Å². The highest BCUT2D eigenvalue weighted by atomic mass is 14.9. The van der Waals surface area contributed by atoms with Crippen molar-refractivity contribution in [1.29, 1.82) is 0 Å². The maximum absolute atomic E-state index is 3.73. The number of hydrogen-bond acceptors (Lipinski definition) is 1. The Hall–Kier alpha value is -3.84. The summed E-state index contributed by atoms with van der Waals surface area (Å²) in [5.41, 5.74) is 9.26. The van der Waals surface area contributed by atoms with E-state index in [1.54, 1.807) is 0 Å². The number of benzene rings is 4. The Labute approximate surface area is 190 Å². The van der Waals surface area contributed by atoms with Crippen molar-refractivity contribution in [2.75, 3.05) is 0 Å². The van der Waals surface area contributed by atoms with Crippen molar-refractivity contribution in [2.45, 2.75) is 19.3 Å². The highest BCUT2D eigenvalue weighted by Gasteiger charge is 2.34. The molecule has 0 saturated heterocycles. The smallest absolute Gasteiger partial charge is 0.0608 e. The molecule has 0 aromatic heterocycles. The largest absolute Gasteiger partial charge is 0.355 e. The van der Waals surface area contributed by atoms with E-state index < -0.39 is 0 Å². The van der Waals surface area contributed by atoms with Crippen LogP contribution < -0.4 is 5.32 Å². The van der Waals surface area contributed by atoms with Crippen molar-refractivity contribution in [3.63, 3.8) is 0 Å². The van der Waals surface area contributed by atoms with Crippen molar-refractivity contribution in [2.24, 2.45) is 0 Å². The third kappa shape index (κ3) is 3.78. The summed E-state index contributed by atoms with van der Waals surface area (Å²) in [5, 5.41) is 3.73. The van der Waals surface area contributed by atoms with Gasteiger partial charge in [-0.05, 0) is 48.3 Å². The van der Waals surface area contributed by atoms with Crippen LogP contribution in [0.1, 0.15) is 33.4 Å². The summed E-state index contributed by atoms with van der Waals surface area (Å²) >= 11 is 0. The lowest BCUT2D eigenvalue weighted by molar-refractivity contribution is 0.797. The van der Waals surface area contributed by atoms with Crippen molar-refractivity contribution < 1.29 is 0 Å². The van der Waals surface area contributed by atoms with Crippen LogP contribution >= 0.6 is 0 Å². The van der Waals surface area contributed by atoms with Crippen LogP contribution in [-0.4, -0.2) is 0 Å². The van der Waals surface area contributed by atoms with E-state index in [-0.39, 0.29) is 5.41 Å². The molecule has 0 radical (unpaired) electrons. The molecule has 0 aliphatic carbocycles. The van der Waals surface area contributed by atoms with Crippen LogP contribution in [0, 0.1) is 13.8 Å². The number of rotatable bonds is 4. The highest BCUT2D eigenvalue weighted by Crippen LogP contribution is 2.42. The molecular weight excluding hydrogens is 386 g/mol. The van der Waals surface area contributed by atoms with Crippen LogP contribution in [-0.2, 0) is 5.41 Å². The van der Waals surface area contributed by atoms with Crippen molar-refractivity contribution >= 4 is 11.4 Å². The van der Waals surface area contributed by atoms with Crippen LogP contribution in [0.4, 0.5) is 0 Å². The Morgan fingerprint density at radius 2 is 0.844 bits per heavy atom. The number of nitrogens with one attached hydrogen (secondary N) is 1. The first-order valence-electron chi connectivity index (χ1n) is 11.1. The third-order valence-electron chi connectivity index (χ3n) is 6.24. The molecule has 1 aliphatic heterocycles. The van der Waals surface area contributed by atoms with Gasteiger partial charge in [0.2, 0.25) is 0 Å². The van der Waals surface area contributed by atoms with Gasteiger partial charge in [0.1, 0.15) is 0 Å². The maximum atomic E-state index is 3.73. The van der Waals surface area contributed by atoms with Crippen molar-refractivity contribution in [3.8, 4) is 0 Å². The predicted octanol–water partition coefficient (Wildman–Crippen LogP) is 7.27. The summed E-state index contributed by atoms with van der Waals surface area (Å²) in [4.78, 5) is 0. The van der Waals surface area contributed by atoms with Gasteiger partial charge in [0, 0.05) is 11.4 Å². The summed E-state index contributed by atoms with van der Waals surface area (Å²) in [6.07, 6.45) is 4.76. The molecule has 4 aromatic carbocycles. The fourth-order valence-electron chi connectivity index (χ4n) is 4.42.